The molecule has 0 saturated carbocycles. The van der Waals surface area contributed by atoms with Crippen molar-refractivity contribution in [2.75, 3.05) is 6.54 Å². The number of halogens is 3. The van der Waals surface area contributed by atoms with Crippen LogP contribution in [0.5, 0.6) is 5.75 Å². The minimum absolute atomic E-state index is 0.0408. The molecule has 0 saturated heterocycles. The second-order valence-electron chi connectivity index (χ2n) is 6.87. The summed E-state index contributed by atoms with van der Waals surface area (Å²) < 4.78 is 19.9. The number of hydrogen-bond donors (Lipinski definition) is 2. The molecule has 3 aromatic carbocycles. The van der Waals surface area contributed by atoms with Crippen molar-refractivity contribution in [1.82, 2.24) is 15.3 Å². The molecule has 7 heteroatoms. The van der Waals surface area contributed by atoms with Crippen molar-refractivity contribution in [3.63, 3.8) is 0 Å². The number of para-hydroxylation sites is 2. The molecule has 2 N–H and O–H groups in total. The zero-order chi connectivity index (χ0) is 20.9. The molecule has 0 atom stereocenters. The van der Waals surface area contributed by atoms with Crippen LogP contribution in [0.3, 0.4) is 0 Å². The van der Waals surface area contributed by atoms with Gasteiger partial charge in [0, 0.05) is 35.7 Å². The van der Waals surface area contributed by atoms with E-state index >= 15 is 0 Å². The quantitative estimate of drug-likeness (QED) is 0.332. The number of aromatic nitrogens is 2. The summed E-state index contributed by atoms with van der Waals surface area (Å²) in [7, 11) is 0. The maximum absolute atomic E-state index is 14.0. The van der Waals surface area contributed by atoms with Crippen LogP contribution in [0.25, 0.3) is 11.0 Å². The Kier molecular flexibility index (Phi) is 6.53. The van der Waals surface area contributed by atoms with Crippen LogP contribution in [-0.4, -0.2) is 16.5 Å². The van der Waals surface area contributed by atoms with Gasteiger partial charge in [0.2, 0.25) is 0 Å². The van der Waals surface area contributed by atoms with Gasteiger partial charge in [0.1, 0.15) is 24.0 Å². The first-order valence-electron chi connectivity index (χ1n) is 9.58. The van der Waals surface area contributed by atoms with Gasteiger partial charge in [-0.15, -0.1) is 0 Å². The average molecular weight is 444 g/mol. The minimum Gasteiger partial charge on any atom is -0.488 e. The van der Waals surface area contributed by atoms with E-state index in [1.165, 1.54) is 6.07 Å². The molecule has 30 heavy (non-hydrogen) atoms. The second-order valence-corrected chi connectivity index (χ2v) is 7.71. The summed E-state index contributed by atoms with van der Waals surface area (Å²) in [5.74, 6) is 1.18. The van der Waals surface area contributed by atoms with Crippen molar-refractivity contribution in [3.8, 4) is 5.75 Å². The Hall–Kier alpha value is -2.60. The van der Waals surface area contributed by atoms with Crippen LogP contribution >= 0.6 is 23.2 Å². The monoisotopic (exact) mass is 443 g/mol. The number of benzene rings is 3. The summed E-state index contributed by atoms with van der Waals surface area (Å²) in [5.41, 5.74) is 3.21. The first kappa shape index (κ1) is 20.7. The molecular formula is C23H20Cl2FN3O. The summed E-state index contributed by atoms with van der Waals surface area (Å²) in [6.07, 6.45) is 0.760. The Morgan fingerprint density at radius 1 is 1.03 bits per heavy atom. The molecule has 4 rings (SSSR count). The zero-order valence-electron chi connectivity index (χ0n) is 16.1. The fourth-order valence-corrected chi connectivity index (χ4v) is 3.61. The fourth-order valence-electron chi connectivity index (χ4n) is 3.20. The Bertz CT molecular complexity index is 1110. The van der Waals surface area contributed by atoms with Crippen LogP contribution < -0.4 is 10.1 Å². The van der Waals surface area contributed by atoms with Crippen LogP contribution in [0, 0.1) is 5.82 Å². The third-order valence-electron chi connectivity index (χ3n) is 4.75. The van der Waals surface area contributed by atoms with E-state index in [2.05, 4.69) is 15.3 Å². The summed E-state index contributed by atoms with van der Waals surface area (Å²) in [5, 5.41) is 4.34. The summed E-state index contributed by atoms with van der Waals surface area (Å²) in [4.78, 5) is 7.90. The van der Waals surface area contributed by atoms with E-state index in [1.807, 2.05) is 30.3 Å². The molecule has 1 heterocycles. The molecule has 154 valence electrons. The number of nitrogens with one attached hydrogen (secondary N) is 2. The molecule has 0 bridgehead atoms. The van der Waals surface area contributed by atoms with Crippen molar-refractivity contribution in [2.45, 2.75) is 19.6 Å². The molecule has 0 aliphatic carbocycles. The Labute approximate surface area is 184 Å². The van der Waals surface area contributed by atoms with Gasteiger partial charge < -0.3 is 15.0 Å². The van der Waals surface area contributed by atoms with Crippen LogP contribution in [0.15, 0.2) is 60.7 Å². The number of ether oxygens (including phenoxy) is 1. The van der Waals surface area contributed by atoms with Gasteiger partial charge in [0.05, 0.1) is 16.1 Å². The van der Waals surface area contributed by atoms with Gasteiger partial charge >= 0.3 is 0 Å². The van der Waals surface area contributed by atoms with E-state index < -0.39 is 0 Å². The lowest BCUT2D eigenvalue weighted by molar-refractivity contribution is 0.296. The SMILES string of the molecule is Fc1cccc(Cl)c1COc1ccc(Cl)cc1CNCCc1nc2ccccc2[nH]1. The summed E-state index contributed by atoms with van der Waals surface area (Å²) in [6.45, 7) is 1.32. The molecule has 1 aromatic heterocycles. The number of imidazole rings is 1. The summed E-state index contributed by atoms with van der Waals surface area (Å²) >= 11 is 12.2. The lowest BCUT2D eigenvalue weighted by Crippen LogP contribution is -2.18. The standard InChI is InChI=1S/C23H20Cl2FN3O/c24-16-8-9-22(30-14-17-18(25)4-3-5-19(17)26)15(12-16)13-27-11-10-23-28-20-6-1-2-7-21(20)29-23/h1-9,12,27H,10-11,13-14H2,(H,28,29). The molecule has 0 unspecified atom stereocenters. The van der Waals surface area contributed by atoms with E-state index in [0.29, 0.717) is 27.9 Å². The first-order chi connectivity index (χ1) is 14.6. The molecule has 0 spiro atoms. The van der Waals surface area contributed by atoms with E-state index in [4.69, 9.17) is 27.9 Å². The number of aromatic amines is 1. The molecule has 0 radical (unpaired) electrons. The normalized spacial score (nSPS) is 11.2. The average Bonchev–Trinajstić information content (AvgIpc) is 3.15. The Balaban J connectivity index is 1.37. The van der Waals surface area contributed by atoms with Crippen molar-refractivity contribution < 1.29 is 9.13 Å². The predicted molar refractivity (Wildman–Crippen MR) is 119 cm³/mol. The summed E-state index contributed by atoms with van der Waals surface area (Å²) in [6, 6.07) is 17.9. The third kappa shape index (κ3) is 4.93. The molecule has 0 fully saturated rings. The van der Waals surface area contributed by atoms with Gasteiger partial charge in [0.25, 0.3) is 0 Å². The molecular weight excluding hydrogens is 424 g/mol. The van der Waals surface area contributed by atoms with Gasteiger partial charge in [0.15, 0.2) is 0 Å². The highest BCUT2D eigenvalue weighted by atomic mass is 35.5. The highest BCUT2D eigenvalue weighted by molar-refractivity contribution is 6.31. The van der Waals surface area contributed by atoms with Crippen LogP contribution in [0.1, 0.15) is 17.0 Å². The Morgan fingerprint density at radius 3 is 2.73 bits per heavy atom. The molecule has 0 aliphatic rings. The first-order valence-corrected chi connectivity index (χ1v) is 10.3. The highest BCUT2D eigenvalue weighted by Crippen LogP contribution is 2.26. The van der Waals surface area contributed by atoms with Crippen molar-refractivity contribution in [3.05, 3.63) is 93.5 Å². The third-order valence-corrected chi connectivity index (χ3v) is 5.34. The molecule has 4 nitrogen and oxygen atoms in total. The van der Waals surface area contributed by atoms with E-state index in [0.717, 1.165) is 35.4 Å². The topological polar surface area (TPSA) is 49.9 Å². The smallest absolute Gasteiger partial charge is 0.131 e. The van der Waals surface area contributed by atoms with Crippen molar-refractivity contribution in [1.29, 1.82) is 0 Å². The van der Waals surface area contributed by atoms with Gasteiger partial charge in [-0.1, -0.05) is 41.4 Å². The van der Waals surface area contributed by atoms with Gasteiger partial charge in [-0.2, -0.15) is 0 Å². The maximum Gasteiger partial charge on any atom is 0.131 e. The fraction of sp³-hybridized carbons (Fsp3) is 0.174. The van der Waals surface area contributed by atoms with Crippen molar-refractivity contribution in [2.24, 2.45) is 0 Å². The highest BCUT2D eigenvalue weighted by Gasteiger charge is 2.10. The lowest BCUT2D eigenvalue weighted by Gasteiger charge is -2.14. The number of nitrogens with zero attached hydrogens (tertiary/aromatic N) is 1. The largest absolute Gasteiger partial charge is 0.488 e. The number of fused-ring (bicyclic) bond motifs is 1. The van der Waals surface area contributed by atoms with Crippen LogP contribution in [0.4, 0.5) is 4.39 Å². The molecule has 0 aliphatic heterocycles. The second kappa shape index (κ2) is 9.47. The number of H-pyrrole nitrogens is 1. The van der Waals surface area contributed by atoms with Crippen molar-refractivity contribution >= 4 is 34.2 Å². The van der Waals surface area contributed by atoms with E-state index in [9.17, 15) is 4.39 Å². The molecule has 0 amide bonds. The van der Waals surface area contributed by atoms with Crippen LogP contribution in [-0.2, 0) is 19.6 Å². The predicted octanol–water partition coefficient (Wildman–Crippen LogP) is 5.92. The Morgan fingerprint density at radius 2 is 1.90 bits per heavy atom. The van der Waals surface area contributed by atoms with Crippen LogP contribution in [0.2, 0.25) is 10.0 Å². The van der Waals surface area contributed by atoms with E-state index in [1.54, 1.807) is 24.3 Å². The number of hydrogen-bond acceptors (Lipinski definition) is 3. The lowest BCUT2D eigenvalue weighted by atomic mass is 10.2. The van der Waals surface area contributed by atoms with Gasteiger partial charge in [-0.3, -0.25) is 0 Å². The maximum atomic E-state index is 14.0. The minimum atomic E-state index is -0.387. The number of rotatable bonds is 8. The van der Waals surface area contributed by atoms with Gasteiger partial charge in [-0.05, 0) is 42.5 Å². The van der Waals surface area contributed by atoms with Gasteiger partial charge in [-0.25, -0.2) is 9.37 Å². The zero-order valence-corrected chi connectivity index (χ0v) is 17.6. The van der Waals surface area contributed by atoms with E-state index in [-0.39, 0.29) is 12.4 Å². The molecule has 4 aromatic rings.